The van der Waals surface area contributed by atoms with E-state index in [2.05, 4.69) is 50.2 Å². The molecule has 0 saturated carbocycles. The molecule has 5 heteroatoms. The topological polar surface area (TPSA) is 46.3 Å². The Hall–Kier alpha value is -3.44. The first kappa shape index (κ1) is 19.5. The van der Waals surface area contributed by atoms with Crippen molar-refractivity contribution < 1.29 is 9.21 Å². The second-order valence-electron chi connectivity index (χ2n) is 7.84. The fourth-order valence-electron chi connectivity index (χ4n) is 3.92. The summed E-state index contributed by atoms with van der Waals surface area (Å²) >= 11 is 1.56. The molecule has 0 aliphatic rings. The Morgan fingerprint density at radius 1 is 1.00 bits per heavy atom. The number of rotatable bonds is 5. The Bertz CT molecular complexity index is 1390. The maximum atomic E-state index is 13.5. The zero-order valence-electron chi connectivity index (χ0n) is 17.5. The van der Waals surface area contributed by atoms with Crippen molar-refractivity contribution in [3.05, 3.63) is 95.4 Å². The SMILES string of the molecule is Cc1cc(C)c2sc(N(Cc3ccco3)C(=O)Cc3ccc4ccccc4c3)nc2c1. The zero-order chi connectivity index (χ0) is 21.4. The number of amides is 1. The molecule has 2 heterocycles. The normalized spacial score (nSPS) is 11.3. The van der Waals surface area contributed by atoms with Gasteiger partial charge in [0, 0.05) is 0 Å². The Balaban J connectivity index is 1.50. The van der Waals surface area contributed by atoms with Crippen molar-refractivity contribution in [2.75, 3.05) is 4.90 Å². The third-order valence-electron chi connectivity index (χ3n) is 5.40. The molecule has 0 aliphatic heterocycles. The van der Waals surface area contributed by atoms with Crippen LogP contribution in [0.2, 0.25) is 0 Å². The summed E-state index contributed by atoms with van der Waals surface area (Å²) in [6.07, 6.45) is 1.94. The lowest BCUT2D eigenvalue weighted by atomic mass is 10.0. The van der Waals surface area contributed by atoms with E-state index in [4.69, 9.17) is 9.40 Å². The van der Waals surface area contributed by atoms with Gasteiger partial charge in [0.25, 0.3) is 0 Å². The summed E-state index contributed by atoms with van der Waals surface area (Å²) in [5.41, 5.74) is 4.27. The van der Waals surface area contributed by atoms with Crippen LogP contribution in [0, 0.1) is 13.8 Å². The minimum absolute atomic E-state index is 0.000104. The predicted molar refractivity (Wildman–Crippen MR) is 127 cm³/mol. The van der Waals surface area contributed by atoms with Crippen molar-refractivity contribution in [1.82, 2.24) is 4.98 Å². The Labute approximate surface area is 184 Å². The largest absolute Gasteiger partial charge is 0.467 e. The lowest BCUT2D eigenvalue weighted by molar-refractivity contribution is -0.118. The monoisotopic (exact) mass is 426 g/mol. The summed E-state index contributed by atoms with van der Waals surface area (Å²) < 4.78 is 6.66. The maximum Gasteiger partial charge on any atom is 0.233 e. The number of aromatic nitrogens is 1. The van der Waals surface area contributed by atoms with E-state index < -0.39 is 0 Å². The van der Waals surface area contributed by atoms with E-state index in [0.717, 1.165) is 26.9 Å². The maximum absolute atomic E-state index is 13.5. The number of nitrogens with zero attached hydrogens (tertiary/aromatic N) is 2. The van der Waals surface area contributed by atoms with Gasteiger partial charge in [-0.1, -0.05) is 59.9 Å². The molecule has 4 nitrogen and oxygen atoms in total. The van der Waals surface area contributed by atoms with E-state index in [1.165, 1.54) is 16.5 Å². The smallest absolute Gasteiger partial charge is 0.233 e. The second-order valence-corrected chi connectivity index (χ2v) is 8.82. The standard InChI is InChI=1S/C26H22N2O2S/c1-17-12-18(2)25-23(13-17)27-26(31-25)28(16-22-8-5-11-30-22)24(29)15-19-9-10-20-6-3-4-7-21(20)14-19/h3-14H,15-16H2,1-2H3. The van der Waals surface area contributed by atoms with Crippen LogP contribution in [-0.4, -0.2) is 10.9 Å². The second kappa shape index (κ2) is 8.00. The molecule has 0 fully saturated rings. The summed E-state index contributed by atoms with van der Waals surface area (Å²) in [4.78, 5) is 20.0. The van der Waals surface area contributed by atoms with Crippen molar-refractivity contribution in [1.29, 1.82) is 0 Å². The van der Waals surface area contributed by atoms with E-state index in [0.29, 0.717) is 18.1 Å². The molecule has 0 bridgehead atoms. The van der Waals surface area contributed by atoms with Crippen molar-refractivity contribution in [2.24, 2.45) is 0 Å². The third kappa shape index (κ3) is 3.97. The number of thiazole rings is 1. The van der Waals surface area contributed by atoms with Crippen LogP contribution in [0.5, 0.6) is 0 Å². The molecule has 0 radical (unpaired) electrons. The first-order valence-corrected chi connectivity index (χ1v) is 11.1. The van der Waals surface area contributed by atoms with E-state index >= 15 is 0 Å². The molecule has 1 amide bonds. The number of hydrogen-bond acceptors (Lipinski definition) is 4. The molecule has 0 atom stereocenters. The fraction of sp³-hybridized carbons (Fsp3) is 0.154. The highest BCUT2D eigenvalue weighted by Gasteiger charge is 2.22. The van der Waals surface area contributed by atoms with Gasteiger partial charge in [-0.05, 0) is 59.5 Å². The summed E-state index contributed by atoms with van der Waals surface area (Å²) in [7, 11) is 0. The molecule has 0 saturated heterocycles. The average molecular weight is 427 g/mol. The highest BCUT2D eigenvalue weighted by Crippen LogP contribution is 2.33. The minimum atomic E-state index is 0.000104. The molecule has 3 aromatic carbocycles. The van der Waals surface area contributed by atoms with Crippen LogP contribution >= 0.6 is 11.3 Å². The van der Waals surface area contributed by atoms with Gasteiger partial charge in [0.15, 0.2) is 5.13 Å². The Kier molecular flexibility index (Phi) is 5.04. The molecule has 0 spiro atoms. The lowest BCUT2D eigenvalue weighted by Crippen LogP contribution is -2.31. The average Bonchev–Trinajstić information content (AvgIpc) is 3.41. The quantitative estimate of drug-likeness (QED) is 0.325. The van der Waals surface area contributed by atoms with Gasteiger partial charge >= 0.3 is 0 Å². The number of benzene rings is 3. The fourth-order valence-corrected chi connectivity index (χ4v) is 4.95. The lowest BCUT2D eigenvalue weighted by Gasteiger charge is -2.19. The van der Waals surface area contributed by atoms with Gasteiger partial charge in [0.2, 0.25) is 5.91 Å². The number of aryl methyl sites for hydroxylation is 2. The van der Waals surface area contributed by atoms with Crippen LogP contribution in [0.25, 0.3) is 21.0 Å². The molecule has 154 valence electrons. The van der Waals surface area contributed by atoms with Crippen molar-refractivity contribution in [3.63, 3.8) is 0 Å². The first-order valence-electron chi connectivity index (χ1n) is 10.2. The van der Waals surface area contributed by atoms with Crippen molar-refractivity contribution >= 4 is 43.4 Å². The van der Waals surface area contributed by atoms with E-state index in [9.17, 15) is 4.79 Å². The summed E-state index contributed by atoms with van der Waals surface area (Å²) in [5.74, 6) is 0.735. The molecular formula is C26H22N2O2S. The van der Waals surface area contributed by atoms with Gasteiger partial charge in [-0.3, -0.25) is 9.69 Å². The van der Waals surface area contributed by atoms with Gasteiger partial charge in [-0.25, -0.2) is 4.98 Å². The molecule has 0 N–H and O–H groups in total. The van der Waals surface area contributed by atoms with Crippen LogP contribution in [0.15, 0.2) is 77.4 Å². The van der Waals surface area contributed by atoms with Crippen LogP contribution < -0.4 is 4.90 Å². The van der Waals surface area contributed by atoms with Crippen molar-refractivity contribution in [3.8, 4) is 0 Å². The van der Waals surface area contributed by atoms with Crippen molar-refractivity contribution in [2.45, 2.75) is 26.8 Å². The summed E-state index contributed by atoms with van der Waals surface area (Å²) in [5, 5.41) is 3.01. The number of carbonyl (C=O) groups excluding carboxylic acids is 1. The molecular weight excluding hydrogens is 404 g/mol. The number of furan rings is 1. The predicted octanol–water partition coefficient (Wildman–Crippen LogP) is 6.44. The molecule has 5 aromatic rings. The molecule has 31 heavy (non-hydrogen) atoms. The van der Waals surface area contributed by atoms with E-state index in [-0.39, 0.29) is 5.91 Å². The third-order valence-corrected chi connectivity index (χ3v) is 6.63. The number of hydrogen-bond donors (Lipinski definition) is 0. The first-order chi connectivity index (χ1) is 15.1. The zero-order valence-corrected chi connectivity index (χ0v) is 18.3. The number of fused-ring (bicyclic) bond motifs is 2. The Morgan fingerprint density at radius 3 is 2.65 bits per heavy atom. The van der Waals surface area contributed by atoms with Crippen LogP contribution in [0.4, 0.5) is 5.13 Å². The molecule has 0 aliphatic carbocycles. The van der Waals surface area contributed by atoms with Crippen LogP contribution in [-0.2, 0) is 17.8 Å². The van der Waals surface area contributed by atoms with E-state index in [1.54, 1.807) is 22.5 Å². The summed E-state index contributed by atoms with van der Waals surface area (Å²) in [6, 6.07) is 22.3. The highest BCUT2D eigenvalue weighted by molar-refractivity contribution is 7.22. The molecule has 0 unspecified atom stereocenters. The van der Waals surface area contributed by atoms with E-state index in [1.807, 2.05) is 30.3 Å². The van der Waals surface area contributed by atoms with Gasteiger partial charge in [-0.2, -0.15) is 0 Å². The van der Waals surface area contributed by atoms with Crippen LogP contribution in [0.1, 0.15) is 22.5 Å². The molecule has 2 aromatic heterocycles. The van der Waals surface area contributed by atoms with Gasteiger partial charge in [0.05, 0.1) is 29.4 Å². The van der Waals surface area contributed by atoms with Crippen LogP contribution in [0.3, 0.4) is 0 Å². The van der Waals surface area contributed by atoms with Gasteiger partial charge in [-0.15, -0.1) is 0 Å². The Morgan fingerprint density at radius 2 is 1.84 bits per heavy atom. The van der Waals surface area contributed by atoms with Gasteiger partial charge in [0.1, 0.15) is 5.76 Å². The highest BCUT2D eigenvalue weighted by atomic mass is 32.1. The summed E-state index contributed by atoms with van der Waals surface area (Å²) in [6.45, 7) is 4.51. The molecule has 5 rings (SSSR count). The van der Waals surface area contributed by atoms with Gasteiger partial charge < -0.3 is 4.42 Å². The minimum Gasteiger partial charge on any atom is -0.467 e. The number of anilines is 1. The number of carbonyl (C=O) groups is 1.